The van der Waals surface area contributed by atoms with E-state index in [1.165, 1.54) is 19.4 Å². The molecular formula is C14H31N3O. The topological polar surface area (TPSA) is 41.7 Å². The highest BCUT2D eigenvalue weighted by Crippen LogP contribution is 2.25. The van der Waals surface area contributed by atoms with Crippen LogP contribution in [0.1, 0.15) is 33.1 Å². The van der Waals surface area contributed by atoms with Gasteiger partial charge in [0.25, 0.3) is 0 Å². The summed E-state index contributed by atoms with van der Waals surface area (Å²) < 4.78 is 5.26. The molecule has 1 rings (SSSR count). The lowest BCUT2D eigenvalue weighted by Crippen LogP contribution is -2.57. The Bertz CT molecular complexity index is 237. The summed E-state index contributed by atoms with van der Waals surface area (Å²) in [6.07, 6.45) is 3.43. The maximum absolute atomic E-state index is 6.07. The van der Waals surface area contributed by atoms with Gasteiger partial charge in [-0.3, -0.25) is 4.90 Å². The Morgan fingerprint density at radius 1 is 1.39 bits per heavy atom. The van der Waals surface area contributed by atoms with E-state index in [9.17, 15) is 0 Å². The number of hydrogen-bond donors (Lipinski definition) is 1. The molecule has 0 aromatic heterocycles. The average Bonchev–Trinajstić information content (AvgIpc) is 2.57. The molecule has 1 aliphatic rings. The van der Waals surface area contributed by atoms with Gasteiger partial charge in [0, 0.05) is 44.9 Å². The molecule has 1 fully saturated rings. The third kappa shape index (κ3) is 3.92. The van der Waals surface area contributed by atoms with Crippen molar-refractivity contribution in [3.05, 3.63) is 0 Å². The molecule has 1 heterocycles. The maximum Gasteiger partial charge on any atom is 0.0480 e. The third-order valence-electron chi connectivity index (χ3n) is 4.35. The molecule has 0 aromatic rings. The molecule has 0 bridgehead atoms. The number of methoxy groups -OCH3 is 1. The number of ether oxygens (including phenoxy) is 1. The van der Waals surface area contributed by atoms with Crippen LogP contribution in [0.5, 0.6) is 0 Å². The molecule has 1 aliphatic heterocycles. The van der Waals surface area contributed by atoms with Crippen LogP contribution < -0.4 is 5.73 Å². The van der Waals surface area contributed by atoms with E-state index in [0.29, 0.717) is 12.6 Å². The first kappa shape index (κ1) is 15.9. The summed E-state index contributed by atoms with van der Waals surface area (Å²) in [6, 6.07) is 0.614. The van der Waals surface area contributed by atoms with Crippen molar-refractivity contribution in [3.8, 4) is 0 Å². The molecule has 18 heavy (non-hydrogen) atoms. The van der Waals surface area contributed by atoms with Crippen molar-refractivity contribution in [2.24, 2.45) is 5.73 Å². The van der Waals surface area contributed by atoms with Gasteiger partial charge in [-0.25, -0.2) is 0 Å². The fourth-order valence-corrected chi connectivity index (χ4v) is 2.99. The van der Waals surface area contributed by atoms with Crippen LogP contribution >= 0.6 is 0 Å². The first-order valence-corrected chi connectivity index (χ1v) is 7.21. The molecular weight excluding hydrogens is 226 g/mol. The summed E-state index contributed by atoms with van der Waals surface area (Å²) in [5, 5.41) is 0. The van der Waals surface area contributed by atoms with E-state index in [2.05, 4.69) is 30.7 Å². The molecule has 0 radical (unpaired) electrons. The Morgan fingerprint density at radius 2 is 2.11 bits per heavy atom. The zero-order chi connectivity index (χ0) is 13.6. The van der Waals surface area contributed by atoms with Gasteiger partial charge in [0.1, 0.15) is 0 Å². The van der Waals surface area contributed by atoms with Crippen molar-refractivity contribution in [2.75, 3.05) is 46.9 Å². The minimum atomic E-state index is 0.0713. The Balaban J connectivity index is 2.79. The zero-order valence-corrected chi connectivity index (χ0v) is 12.6. The highest BCUT2D eigenvalue weighted by atomic mass is 16.5. The SMILES string of the molecule is CCC1CN(C)CCCN1C(C)(CN)CCOC. The lowest BCUT2D eigenvalue weighted by Gasteiger charge is -2.45. The molecule has 2 N–H and O–H groups in total. The molecule has 4 nitrogen and oxygen atoms in total. The summed E-state index contributed by atoms with van der Waals surface area (Å²) >= 11 is 0. The predicted octanol–water partition coefficient (Wildman–Crippen LogP) is 1.16. The molecule has 4 heteroatoms. The Morgan fingerprint density at radius 3 is 2.67 bits per heavy atom. The van der Waals surface area contributed by atoms with Crippen molar-refractivity contribution in [1.82, 2.24) is 9.80 Å². The van der Waals surface area contributed by atoms with E-state index in [0.717, 1.165) is 26.1 Å². The molecule has 0 aliphatic carbocycles. The second-order valence-corrected chi connectivity index (χ2v) is 5.82. The zero-order valence-electron chi connectivity index (χ0n) is 12.6. The van der Waals surface area contributed by atoms with Crippen molar-refractivity contribution in [2.45, 2.75) is 44.7 Å². The third-order valence-corrected chi connectivity index (χ3v) is 4.35. The van der Waals surface area contributed by atoms with E-state index in [4.69, 9.17) is 10.5 Å². The van der Waals surface area contributed by atoms with Gasteiger partial charge in [-0.15, -0.1) is 0 Å². The maximum atomic E-state index is 6.07. The molecule has 0 aromatic carbocycles. The smallest absolute Gasteiger partial charge is 0.0480 e. The number of hydrogen-bond acceptors (Lipinski definition) is 4. The van der Waals surface area contributed by atoms with Gasteiger partial charge in [0.05, 0.1) is 0 Å². The highest BCUT2D eigenvalue weighted by molar-refractivity contribution is 4.93. The van der Waals surface area contributed by atoms with Crippen LogP contribution in [0.2, 0.25) is 0 Å². The summed E-state index contributed by atoms with van der Waals surface area (Å²) in [6.45, 7) is 9.56. The van der Waals surface area contributed by atoms with Gasteiger partial charge in [0.2, 0.25) is 0 Å². The predicted molar refractivity (Wildman–Crippen MR) is 76.9 cm³/mol. The summed E-state index contributed by atoms with van der Waals surface area (Å²) in [5.74, 6) is 0. The molecule has 0 amide bonds. The van der Waals surface area contributed by atoms with E-state index >= 15 is 0 Å². The Labute approximate surface area is 112 Å². The van der Waals surface area contributed by atoms with Crippen LogP contribution in [0.3, 0.4) is 0 Å². The van der Waals surface area contributed by atoms with Gasteiger partial charge in [0.15, 0.2) is 0 Å². The first-order chi connectivity index (χ1) is 8.57. The van der Waals surface area contributed by atoms with Crippen molar-refractivity contribution < 1.29 is 4.74 Å². The van der Waals surface area contributed by atoms with Gasteiger partial charge in [-0.05, 0) is 39.8 Å². The number of likely N-dealkylation sites (N-methyl/N-ethyl adjacent to an activating group) is 1. The number of nitrogens with zero attached hydrogens (tertiary/aromatic N) is 2. The van der Waals surface area contributed by atoms with Crippen LogP contribution in [-0.4, -0.2) is 68.3 Å². The minimum Gasteiger partial charge on any atom is -0.385 e. The summed E-state index contributed by atoms with van der Waals surface area (Å²) in [4.78, 5) is 5.08. The van der Waals surface area contributed by atoms with Crippen LogP contribution in [-0.2, 0) is 4.74 Å². The Kier molecular flexibility index (Phi) is 6.57. The number of nitrogens with two attached hydrogens (primary N) is 1. The van der Waals surface area contributed by atoms with Crippen molar-refractivity contribution in [3.63, 3.8) is 0 Å². The van der Waals surface area contributed by atoms with Crippen molar-refractivity contribution in [1.29, 1.82) is 0 Å². The first-order valence-electron chi connectivity index (χ1n) is 7.21. The minimum absolute atomic E-state index is 0.0713. The largest absolute Gasteiger partial charge is 0.385 e. The summed E-state index contributed by atoms with van der Waals surface area (Å²) in [5.41, 5.74) is 6.14. The van der Waals surface area contributed by atoms with Crippen LogP contribution in [0.4, 0.5) is 0 Å². The fourth-order valence-electron chi connectivity index (χ4n) is 2.99. The fraction of sp³-hybridized carbons (Fsp3) is 1.00. The van der Waals surface area contributed by atoms with E-state index in [1.807, 2.05) is 0 Å². The highest BCUT2D eigenvalue weighted by Gasteiger charge is 2.35. The van der Waals surface area contributed by atoms with Crippen LogP contribution in [0, 0.1) is 0 Å². The molecule has 108 valence electrons. The quantitative estimate of drug-likeness (QED) is 0.775. The second-order valence-electron chi connectivity index (χ2n) is 5.82. The van der Waals surface area contributed by atoms with Gasteiger partial charge in [-0.2, -0.15) is 0 Å². The van der Waals surface area contributed by atoms with Gasteiger partial charge < -0.3 is 15.4 Å². The van der Waals surface area contributed by atoms with E-state index in [-0.39, 0.29) is 5.54 Å². The molecule has 2 atom stereocenters. The van der Waals surface area contributed by atoms with Crippen LogP contribution in [0.25, 0.3) is 0 Å². The monoisotopic (exact) mass is 257 g/mol. The molecule has 1 saturated heterocycles. The lowest BCUT2D eigenvalue weighted by molar-refractivity contribution is 0.0332. The van der Waals surface area contributed by atoms with Gasteiger partial charge in [-0.1, -0.05) is 6.92 Å². The van der Waals surface area contributed by atoms with E-state index in [1.54, 1.807) is 7.11 Å². The number of rotatable bonds is 6. The molecule has 2 unspecified atom stereocenters. The second kappa shape index (κ2) is 7.43. The summed E-state index contributed by atoms with van der Waals surface area (Å²) in [7, 11) is 3.99. The molecule has 0 saturated carbocycles. The van der Waals surface area contributed by atoms with Crippen molar-refractivity contribution >= 4 is 0 Å². The molecule has 0 spiro atoms. The van der Waals surface area contributed by atoms with Gasteiger partial charge >= 0.3 is 0 Å². The van der Waals surface area contributed by atoms with E-state index < -0.39 is 0 Å². The Hall–Kier alpha value is -0.160. The lowest BCUT2D eigenvalue weighted by atomic mass is 9.93. The van der Waals surface area contributed by atoms with Crippen LogP contribution in [0.15, 0.2) is 0 Å². The normalized spacial score (nSPS) is 26.8. The standard InChI is InChI=1S/C14H31N3O/c1-5-13-11-16(3)8-6-9-17(13)14(2,12-15)7-10-18-4/h13H,5-12,15H2,1-4H3. The average molecular weight is 257 g/mol.